The van der Waals surface area contributed by atoms with Crippen LogP contribution in [0.1, 0.15) is 5.56 Å². The van der Waals surface area contributed by atoms with Gasteiger partial charge in [-0.25, -0.2) is 0 Å². The Labute approximate surface area is 95.8 Å². The summed E-state index contributed by atoms with van der Waals surface area (Å²) in [5.74, 6) is 0. The minimum atomic E-state index is -2.84. The van der Waals surface area contributed by atoms with E-state index in [0.29, 0.717) is 0 Å². The molecule has 0 unspecified atom stereocenters. The first-order chi connectivity index (χ1) is 7.20. The van der Waals surface area contributed by atoms with Gasteiger partial charge in [0.15, 0.2) is 0 Å². The zero-order chi connectivity index (χ0) is 11.1. The maximum absolute atomic E-state index is 11.7. The molecule has 0 spiro atoms. The van der Waals surface area contributed by atoms with Crippen LogP contribution in [0.5, 0.6) is 0 Å². The van der Waals surface area contributed by atoms with Crippen LogP contribution >= 0.6 is 6.29 Å². The van der Waals surface area contributed by atoms with E-state index in [0.717, 1.165) is 5.56 Å². The summed E-state index contributed by atoms with van der Waals surface area (Å²) in [6.45, 7) is 0. The standard InChI is InChI=1S/C10H13O3PSe/c1-12-14(11,13-2)15-9-8-10-6-4-3-5-7-10/h3-9H,1-2H3/b9-8-. The van der Waals surface area contributed by atoms with Crippen molar-refractivity contribution in [2.45, 2.75) is 0 Å². The Morgan fingerprint density at radius 1 is 1.20 bits per heavy atom. The van der Waals surface area contributed by atoms with Gasteiger partial charge >= 0.3 is 95.6 Å². The Balaban J connectivity index is 2.57. The Bertz CT molecular complexity index is 356. The second-order valence-corrected chi connectivity index (χ2v) is 9.18. The van der Waals surface area contributed by atoms with Gasteiger partial charge in [-0.05, 0) is 0 Å². The van der Waals surface area contributed by atoms with Gasteiger partial charge in [-0.15, -0.1) is 0 Å². The Morgan fingerprint density at radius 2 is 1.80 bits per heavy atom. The van der Waals surface area contributed by atoms with Crippen LogP contribution in [0.15, 0.2) is 35.3 Å². The SMILES string of the molecule is COP(=O)(OC)[Se]/C=C\c1ccccc1. The van der Waals surface area contributed by atoms with Crippen molar-refractivity contribution in [2.24, 2.45) is 0 Å². The van der Waals surface area contributed by atoms with Crippen LogP contribution in [-0.2, 0) is 13.6 Å². The summed E-state index contributed by atoms with van der Waals surface area (Å²) < 4.78 is 21.3. The van der Waals surface area contributed by atoms with E-state index >= 15 is 0 Å². The summed E-state index contributed by atoms with van der Waals surface area (Å²) in [6, 6.07) is 9.84. The fourth-order valence-electron chi connectivity index (χ4n) is 0.908. The monoisotopic (exact) mass is 292 g/mol. The van der Waals surface area contributed by atoms with Crippen LogP contribution in [-0.4, -0.2) is 28.7 Å². The van der Waals surface area contributed by atoms with Gasteiger partial charge in [-0.1, -0.05) is 0 Å². The molecule has 1 rings (SSSR count). The second kappa shape index (κ2) is 6.26. The van der Waals surface area contributed by atoms with Gasteiger partial charge in [0.2, 0.25) is 0 Å². The van der Waals surface area contributed by atoms with Crippen molar-refractivity contribution < 1.29 is 13.6 Å². The van der Waals surface area contributed by atoms with E-state index in [1.54, 1.807) is 0 Å². The molecule has 1 aromatic rings. The fraction of sp³-hybridized carbons (Fsp3) is 0.200. The normalized spacial score (nSPS) is 12.1. The number of benzene rings is 1. The van der Waals surface area contributed by atoms with Crippen LogP contribution in [0.2, 0.25) is 0 Å². The molecule has 3 nitrogen and oxygen atoms in total. The molecule has 0 aromatic heterocycles. The Hall–Kier alpha value is -0.371. The summed E-state index contributed by atoms with van der Waals surface area (Å²) in [4.78, 5) is 1.86. The molecular weight excluding hydrogens is 278 g/mol. The van der Waals surface area contributed by atoms with Crippen LogP contribution in [0.25, 0.3) is 6.08 Å². The first kappa shape index (κ1) is 12.7. The molecule has 0 saturated carbocycles. The van der Waals surface area contributed by atoms with Crippen molar-refractivity contribution in [2.75, 3.05) is 14.2 Å². The molecule has 0 radical (unpaired) electrons. The first-order valence-corrected chi connectivity index (χ1v) is 9.06. The molecule has 0 aliphatic rings. The molecule has 0 aliphatic heterocycles. The summed E-state index contributed by atoms with van der Waals surface area (Å²) in [5, 5.41) is 0. The molecule has 0 bridgehead atoms. The third kappa shape index (κ3) is 4.33. The van der Waals surface area contributed by atoms with Gasteiger partial charge < -0.3 is 0 Å². The number of rotatable bonds is 5. The molecule has 82 valence electrons. The predicted octanol–water partition coefficient (Wildman–Crippen LogP) is 2.76. The fourth-order valence-corrected chi connectivity index (χ4v) is 4.17. The van der Waals surface area contributed by atoms with Crippen molar-refractivity contribution >= 4 is 26.9 Å². The summed E-state index contributed by atoms with van der Waals surface area (Å²) in [7, 11) is 2.81. The molecule has 0 atom stereocenters. The van der Waals surface area contributed by atoms with Crippen molar-refractivity contribution in [3.05, 3.63) is 40.9 Å². The zero-order valence-corrected chi connectivity index (χ0v) is 11.2. The van der Waals surface area contributed by atoms with Crippen LogP contribution in [0, 0.1) is 0 Å². The minimum absolute atomic E-state index is 0.285. The average molecular weight is 291 g/mol. The molecule has 0 aliphatic carbocycles. The molecule has 0 heterocycles. The topological polar surface area (TPSA) is 35.5 Å². The molecule has 1 aromatic carbocycles. The van der Waals surface area contributed by atoms with Gasteiger partial charge in [0.05, 0.1) is 0 Å². The molecule has 5 heteroatoms. The Kier molecular flexibility index (Phi) is 5.30. The van der Waals surface area contributed by atoms with Gasteiger partial charge in [-0.3, -0.25) is 0 Å². The van der Waals surface area contributed by atoms with E-state index in [4.69, 9.17) is 9.05 Å². The van der Waals surface area contributed by atoms with Gasteiger partial charge in [0.1, 0.15) is 0 Å². The quantitative estimate of drug-likeness (QED) is 0.618. The molecule has 0 amide bonds. The van der Waals surface area contributed by atoms with E-state index in [1.165, 1.54) is 14.2 Å². The Morgan fingerprint density at radius 3 is 2.33 bits per heavy atom. The molecule has 0 fully saturated rings. The molecule has 15 heavy (non-hydrogen) atoms. The van der Waals surface area contributed by atoms with E-state index < -0.39 is 6.29 Å². The summed E-state index contributed by atoms with van der Waals surface area (Å²) >= 11 is -0.285. The van der Waals surface area contributed by atoms with Gasteiger partial charge in [-0.2, -0.15) is 0 Å². The van der Waals surface area contributed by atoms with E-state index in [-0.39, 0.29) is 14.5 Å². The van der Waals surface area contributed by atoms with Crippen molar-refractivity contribution in [1.82, 2.24) is 0 Å². The number of hydrogen-bond acceptors (Lipinski definition) is 3. The summed E-state index contributed by atoms with van der Waals surface area (Å²) in [5.41, 5.74) is 1.08. The van der Waals surface area contributed by atoms with Crippen molar-refractivity contribution in [3.8, 4) is 0 Å². The van der Waals surface area contributed by atoms with Gasteiger partial charge in [0, 0.05) is 0 Å². The molecule has 0 saturated heterocycles. The van der Waals surface area contributed by atoms with E-state index in [1.807, 2.05) is 41.4 Å². The third-order valence-electron chi connectivity index (χ3n) is 1.70. The van der Waals surface area contributed by atoms with E-state index in [9.17, 15) is 4.57 Å². The molecular formula is C10H13O3PSe. The first-order valence-electron chi connectivity index (χ1n) is 4.32. The van der Waals surface area contributed by atoms with Crippen LogP contribution in [0.4, 0.5) is 0 Å². The van der Waals surface area contributed by atoms with Gasteiger partial charge in [0.25, 0.3) is 0 Å². The zero-order valence-electron chi connectivity index (χ0n) is 8.62. The number of hydrogen-bond donors (Lipinski definition) is 0. The van der Waals surface area contributed by atoms with Crippen molar-refractivity contribution in [1.29, 1.82) is 0 Å². The second-order valence-electron chi connectivity index (χ2n) is 2.63. The average Bonchev–Trinajstić information content (AvgIpc) is 2.30. The van der Waals surface area contributed by atoms with Crippen molar-refractivity contribution in [3.63, 3.8) is 0 Å². The summed E-state index contributed by atoms with van der Waals surface area (Å²) in [6.07, 6.45) is -0.921. The van der Waals surface area contributed by atoms with Crippen LogP contribution in [0.3, 0.4) is 0 Å². The van der Waals surface area contributed by atoms with Crippen LogP contribution < -0.4 is 0 Å². The molecule has 0 N–H and O–H groups in total. The maximum atomic E-state index is 11.7. The third-order valence-corrected chi connectivity index (χ3v) is 7.52. The predicted molar refractivity (Wildman–Crippen MR) is 62.9 cm³/mol. The van der Waals surface area contributed by atoms with E-state index in [2.05, 4.69) is 0 Å².